The molecule has 0 aromatic heterocycles. The first-order valence-electron chi connectivity index (χ1n) is 4.41. The van der Waals surface area contributed by atoms with E-state index in [1.807, 2.05) is 0 Å². The molecule has 0 heterocycles. The lowest BCUT2D eigenvalue weighted by molar-refractivity contribution is 0.120. The van der Waals surface area contributed by atoms with Crippen molar-refractivity contribution in [2.45, 2.75) is 25.4 Å². The lowest BCUT2D eigenvalue weighted by atomic mass is 9.96. The first-order valence-corrected chi connectivity index (χ1v) is 4.78. The Hall–Kier alpha value is -0.890. The van der Waals surface area contributed by atoms with Crippen molar-refractivity contribution in [3.8, 4) is 11.5 Å². The minimum Gasteiger partial charge on any atom is -0.508 e. The normalized spacial score (nSPS) is 16.7. The Bertz CT molecular complexity index is 308. The van der Waals surface area contributed by atoms with Gasteiger partial charge in [-0.3, -0.25) is 0 Å². The minimum absolute atomic E-state index is 0.193. The van der Waals surface area contributed by atoms with Crippen LogP contribution in [-0.4, -0.2) is 11.2 Å². The lowest BCUT2D eigenvalue weighted by Crippen LogP contribution is -2.24. The van der Waals surface area contributed by atoms with Crippen molar-refractivity contribution >= 4 is 11.6 Å². The molecular weight excluding hydrogens is 188 g/mol. The molecule has 70 valence electrons. The van der Waals surface area contributed by atoms with E-state index in [0.717, 1.165) is 12.8 Å². The van der Waals surface area contributed by atoms with Gasteiger partial charge in [0.15, 0.2) is 0 Å². The van der Waals surface area contributed by atoms with Gasteiger partial charge in [-0.15, -0.1) is 0 Å². The van der Waals surface area contributed by atoms with Crippen LogP contribution in [0, 0.1) is 0 Å². The van der Waals surface area contributed by atoms with Crippen LogP contribution in [0.2, 0.25) is 5.02 Å². The second kappa shape index (κ2) is 3.46. The quantitative estimate of drug-likeness (QED) is 0.792. The Morgan fingerprint density at radius 3 is 2.77 bits per heavy atom. The van der Waals surface area contributed by atoms with Gasteiger partial charge in [0.05, 0.1) is 11.1 Å². The van der Waals surface area contributed by atoms with Crippen molar-refractivity contribution in [1.82, 2.24) is 0 Å². The van der Waals surface area contributed by atoms with Gasteiger partial charge in [0, 0.05) is 6.07 Å². The zero-order valence-electron chi connectivity index (χ0n) is 7.16. The number of phenols is 1. The second-order valence-corrected chi connectivity index (χ2v) is 3.69. The first kappa shape index (κ1) is 8.70. The minimum atomic E-state index is 0.193. The summed E-state index contributed by atoms with van der Waals surface area (Å²) in [5.41, 5.74) is 0. The van der Waals surface area contributed by atoms with E-state index in [-0.39, 0.29) is 5.75 Å². The molecule has 0 radical (unpaired) electrons. The van der Waals surface area contributed by atoms with Crippen molar-refractivity contribution < 1.29 is 9.84 Å². The average Bonchev–Trinajstić information content (AvgIpc) is 2.03. The summed E-state index contributed by atoms with van der Waals surface area (Å²) in [5.74, 6) is 0.782. The molecular formula is C10H11ClO2. The molecule has 1 aliphatic carbocycles. The monoisotopic (exact) mass is 198 g/mol. The molecule has 1 aromatic carbocycles. The van der Waals surface area contributed by atoms with E-state index >= 15 is 0 Å². The molecule has 1 aromatic rings. The van der Waals surface area contributed by atoms with E-state index in [4.69, 9.17) is 16.3 Å². The summed E-state index contributed by atoms with van der Waals surface area (Å²) in [4.78, 5) is 0. The summed E-state index contributed by atoms with van der Waals surface area (Å²) in [6.07, 6.45) is 3.69. The van der Waals surface area contributed by atoms with E-state index in [1.54, 1.807) is 18.2 Å². The van der Waals surface area contributed by atoms with Gasteiger partial charge >= 0.3 is 0 Å². The molecule has 1 N–H and O–H groups in total. The van der Waals surface area contributed by atoms with Gasteiger partial charge in [0.2, 0.25) is 0 Å². The maximum atomic E-state index is 9.20. The molecule has 2 nitrogen and oxygen atoms in total. The first-order chi connectivity index (χ1) is 6.25. The van der Waals surface area contributed by atoms with Crippen LogP contribution in [-0.2, 0) is 0 Å². The van der Waals surface area contributed by atoms with Crippen LogP contribution >= 0.6 is 11.6 Å². The molecule has 0 bridgehead atoms. The van der Waals surface area contributed by atoms with Crippen LogP contribution in [0.5, 0.6) is 11.5 Å². The van der Waals surface area contributed by atoms with Gasteiger partial charge < -0.3 is 9.84 Å². The number of rotatable bonds is 2. The average molecular weight is 199 g/mol. The summed E-state index contributed by atoms with van der Waals surface area (Å²) < 4.78 is 5.57. The largest absolute Gasteiger partial charge is 0.508 e. The zero-order valence-corrected chi connectivity index (χ0v) is 7.92. The van der Waals surface area contributed by atoms with Crippen molar-refractivity contribution in [2.24, 2.45) is 0 Å². The Kier molecular flexibility index (Phi) is 2.32. The number of phenolic OH excluding ortho intramolecular Hbond substituents is 1. The number of halogens is 1. The molecule has 0 aliphatic heterocycles. The number of hydrogen-bond donors (Lipinski definition) is 1. The maximum Gasteiger partial charge on any atom is 0.141 e. The van der Waals surface area contributed by atoms with Crippen molar-refractivity contribution in [1.29, 1.82) is 0 Å². The predicted octanol–water partition coefficient (Wildman–Crippen LogP) is 2.98. The fourth-order valence-electron chi connectivity index (χ4n) is 1.25. The third-order valence-electron chi connectivity index (χ3n) is 2.26. The highest BCUT2D eigenvalue weighted by Crippen LogP contribution is 2.32. The molecule has 3 heteroatoms. The van der Waals surface area contributed by atoms with Gasteiger partial charge in [-0.25, -0.2) is 0 Å². The van der Waals surface area contributed by atoms with Gasteiger partial charge in [-0.05, 0) is 31.4 Å². The molecule has 1 fully saturated rings. The Morgan fingerprint density at radius 2 is 2.15 bits per heavy atom. The lowest BCUT2D eigenvalue weighted by Gasteiger charge is -2.26. The summed E-state index contributed by atoms with van der Waals surface area (Å²) >= 11 is 5.89. The van der Waals surface area contributed by atoms with Crippen molar-refractivity contribution in [3.05, 3.63) is 23.2 Å². The van der Waals surface area contributed by atoms with Gasteiger partial charge in [0.25, 0.3) is 0 Å². The molecule has 0 saturated heterocycles. The van der Waals surface area contributed by atoms with E-state index in [0.29, 0.717) is 16.9 Å². The standard InChI is InChI=1S/C10H11ClO2/c11-9-5-4-7(12)6-10(9)13-8-2-1-3-8/h4-6,8,12H,1-3H2. The third kappa shape index (κ3) is 1.89. The van der Waals surface area contributed by atoms with Crippen LogP contribution in [0.15, 0.2) is 18.2 Å². The van der Waals surface area contributed by atoms with E-state index < -0.39 is 0 Å². The highest BCUT2D eigenvalue weighted by molar-refractivity contribution is 6.32. The maximum absolute atomic E-state index is 9.20. The fraction of sp³-hybridized carbons (Fsp3) is 0.400. The molecule has 1 saturated carbocycles. The van der Waals surface area contributed by atoms with Crippen molar-refractivity contribution in [2.75, 3.05) is 0 Å². The van der Waals surface area contributed by atoms with Crippen LogP contribution in [0.4, 0.5) is 0 Å². The number of ether oxygens (including phenoxy) is 1. The topological polar surface area (TPSA) is 29.5 Å². The molecule has 1 aliphatic rings. The SMILES string of the molecule is Oc1ccc(Cl)c(OC2CCC2)c1. The smallest absolute Gasteiger partial charge is 0.141 e. The zero-order chi connectivity index (χ0) is 9.26. The Morgan fingerprint density at radius 1 is 1.38 bits per heavy atom. The van der Waals surface area contributed by atoms with Crippen molar-refractivity contribution in [3.63, 3.8) is 0 Å². The second-order valence-electron chi connectivity index (χ2n) is 3.29. The molecule has 2 rings (SSSR count). The summed E-state index contributed by atoms with van der Waals surface area (Å²) in [6, 6.07) is 4.75. The summed E-state index contributed by atoms with van der Waals surface area (Å²) in [6.45, 7) is 0. The number of benzene rings is 1. The Balaban J connectivity index is 2.13. The molecule has 0 atom stereocenters. The van der Waals surface area contributed by atoms with Gasteiger partial charge in [0.1, 0.15) is 11.5 Å². The van der Waals surface area contributed by atoms with Gasteiger partial charge in [-0.1, -0.05) is 11.6 Å². The third-order valence-corrected chi connectivity index (χ3v) is 2.57. The van der Waals surface area contributed by atoms with Gasteiger partial charge in [-0.2, -0.15) is 0 Å². The van der Waals surface area contributed by atoms with Crippen LogP contribution in [0.1, 0.15) is 19.3 Å². The Labute approximate surface area is 82.1 Å². The summed E-state index contributed by atoms with van der Waals surface area (Å²) in [5, 5.41) is 9.76. The molecule has 0 amide bonds. The van der Waals surface area contributed by atoms with E-state index in [9.17, 15) is 5.11 Å². The molecule has 0 spiro atoms. The highest BCUT2D eigenvalue weighted by Gasteiger charge is 2.20. The van der Waals surface area contributed by atoms with E-state index in [1.165, 1.54) is 6.42 Å². The summed E-state index contributed by atoms with van der Waals surface area (Å²) in [7, 11) is 0. The van der Waals surface area contributed by atoms with Crippen LogP contribution < -0.4 is 4.74 Å². The van der Waals surface area contributed by atoms with Crippen LogP contribution in [0.25, 0.3) is 0 Å². The molecule has 0 unspecified atom stereocenters. The fourth-order valence-corrected chi connectivity index (χ4v) is 1.41. The van der Waals surface area contributed by atoms with Crippen LogP contribution in [0.3, 0.4) is 0 Å². The highest BCUT2D eigenvalue weighted by atomic mass is 35.5. The predicted molar refractivity (Wildman–Crippen MR) is 51.4 cm³/mol. The van der Waals surface area contributed by atoms with E-state index in [2.05, 4.69) is 0 Å². The number of aromatic hydroxyl groups is 1. The number of hydrogen-bond acceptors (Lipinski definition) is 2. The molecule has 13 heavy (non-hydrogen) atoms.